The van der Waals surface area contributed by atoms with Crippen molar-refractivity contribution in [2.24, 2.45) is 5.92 Å². The van der Waals surface area contributed by atoms with E-state index < -0.39 is 5.97 Å². The molecule has 1 N–H and O–H groups in total. The predicted molar refractivity (Wildman–Crippen MR) is 77.9 cm³/mol. The second kappa shape index (κ2) is 5.90. The van der Waals surface area contributed by atoms with Gasteiger partial charge in [-0.3, -0.25) is 4.79 Å². The summed E-state index contributed by atoms with van der Waals surface area (Å²) in [4.78, 5) is 12.5. The second-order valence-electron chi connectivity index (χ2n) is 5.40. The summed E-state index contributed by atoms with van der Waals surface area (Å²) in [6.07, 6.45) is 0.120. The lowest BCUT2D eigenvalue weighted by Crippen LogP contribution is -2.20. The van der Waals surface area contributed by atoms with Gasteiger partial charge in [-0.25, -0.2) is 4.68 Å². The number of carboxylic acid groups (broad SMARTS) is 1. The van der Waals surface area contributed by atoms with Crippen LogP contribution in [0.2, 0.25) is 0 Å². The van der Waals surface area contributed by atoms with Crippen molar-refractivity contribution < 1.29 is 9.90 Å². The molecule has 0 aliphatic carbocycles. The van der Waals surface area contributed by atoms with Crippen LogP contribution in [0, 0.1) is 5.92 Å². The number of anilines is 1. The number of benzene rings is 1. The Kier molecular flexibility index (Phi) is 4.22. The first-order valence-electron chi connectivity index (χ1n) is 6.73. The molecule has 0 radical (unpaired) electrons. The average molecular weight is 276 g/mol. The molecule has 2 aromatic rings. The van der Waals surface area contributed by atoms with Gasteiger partial charge in [-0.2, -0.15) is 0 Å². The molecule has 0 unspecified atom stereocenters. The highest BCUT2D eigenvalue weighted by Gasteiger charge is 2.09. The van der Waals surface area contributed by atoms with E-state index in [0.717, 1.165) is 23.3 Å². The highest BCUT2D eigenvalue weighted by molar-refractivity contribution is 5.79. The van der Waals surface area contributed by atoms with Gasteiger partial charge in [-0.1, -0.05) is 19.1 Å². The van der Waals surface area contributed by atoms with Gasteiger partial charge in [0.25, 0.3) is 0 Å². The van der Waals surface area contributed by atoms with Crippen LogP contribution in [0.4, 0.5) is 5.69 Å². The first kappa shape index (κ1) is 14.3. The topological polar surface area (TPSA) is 71.2 Å². The van der Waals surface area contributed by atoms with Crippen molar-refractivity contribution in [3.8, 4) is 0 Å². The standard InChI is InChI=1S/C14H20N4O2/c1-10(2)9-18-13-5-4-11(8-12(13)15-16-18)17(3)7-6-14(19)20/h4-5,8,10H,6-7,9H2,1-3H3,(H,19,20). The van der Waals surface area contributed by atoms with Gasteiger partial charge in [0.2, 0.25) is 0 Å². The van der Waals surface area contributed by atoms with Crippen LogP contribution >= 0.6 is 0 Å². The largest absolute Gasteiger partial charge is 0.481 e. The zero-order valence-corrected chi connectivity index (χ0v) is 12.1. The minimum Gasteiger partial charge on any atom is -0.481 e. The molecule has 6 nitrogen and oxygen atoms in total. The van der Waals surface area contributed by atoms with Gasteiger partial charge in [-0.15, -0.1) is 5.10 Å². The van der Waals surface area contributed by atoms with E-state index in [0.29, 0.717) is 12.5 Å². The van der Waals surface area contributed by atoms with Gasteiger partial charge in [0.15, 0.2) is 0 Å². The lowest BCUT2D eigenvalue weighted by Gasteiger charge is -2.18. The van der Waals surface area contributed by atoms with Crippen molar-refractivity contribution in [3.05, 3.63) is 18.2 Å². The first-order valence-corrected chi connectivity index (χ1v) is 6.73. The number of hydrogen-bond donors (Lipinski definition) is 1. The number of carboxylic acids is 1. The van der Waals surface area contributed by atoms with Crippen molar-refractivity contribution in [2.45, 2.75) is 26.8 Å². The monoisotopic (exact) mass is 276 g/mol. The second-order valence-corrected chi connectivity index (χ2v) is 5.40. The molecule has 0 fully saturated rings. The van der Waals surface area contributed by atoms with E-state index in [1.165, 1.54) is 0 Å². The molecule has 20 heavy (non-hydrogen) atoms. The van der Waals surface area contributed by atoms with Crippen LogP contribution in [0.25, 0.3) is 11.0 Å². The van der Waals surface area contributed by atoms with Crippen LogP contribution in [-0.2, 0) is 11.3 Å². The molecule has 1 heterocycles. The quantitative estimate of drug-likeness (QED) is 0.873. The Morgan fingerprint density at radius 2 is 2.20 bits per heavy atom. The molecular formula is C14H20N4O2. The number of fused-ring (bicyclic) bond motifs is 1. The third-order valence-corrected chi connectivity index (χ3v) is 3.14. The maximum atomic E-state index is 10.6. The Bertz CT molecular complexity index is 606. The summed E-state index contributed by atoms with van der Waals surface area (Å²) in [5.41, 5.74) is 2.80. The fourth-order valence-electron chi connectivity index (χ4n) is 2.07. The van der Waals surface area contributed by atoms with E-state index in [-0.39, 0.29) is 6.42 Å². The van der Waals surface area contributed by atoms with Crippen molar-refractivity contribution >= 4 is 22.7 Å². The van der Waals surface area contributed by atoms with Gasteiger partial charge < -0.3 is 10.0 Å². The number of rotatable bonds is 6. The van der Waals surface area contributed by atoms with Gasteiger partial charge in [-0.05, 0) is 24.1 Å². The van der Waals surface area contributed by atoms with Gasteiger partial charge >= 0.3 is 5.97 Å². The summed E-state index contributed by atoms with van der Waals surface area (Å²) in [6, 6.07) is 5.91. The summed E-state index contributed by atoms with van der Waals surface area (Å²) in [5.74, 6) is -0.279. The predicted octanol–water partition coefficient (Wildman–Crippen LogP) is 2.00. The molecule has 1 aromatic heterocycles. The van der Waals surface area contributed by atoms with E-state index in [2.05, 4.69) is 24.2 Å². The molecule has 0 aliphatic rings. The molecule has 0 spiro atoms. The Morgan fingerprint density at radius 1 is 1.45 bits per heavy atom. The molecule has 0 atom stereocenters. The molecule has 108 valence electrons. The van der Waals surface area contributed by atoms with Crippen molar-refractivity contribution in [3.63, 3.8) is 0 Å². The van der Waals surface area contributed by atoms with Crippen LogP contribution in [0.3, 0.4) is 0 Å². The molecule has 1 aromatic carbocycles. The van der Waals surface area contributed by atoms with Crippen LogP contribution in [0.15, 0.2) is 18.2 Å². The van der Waals surface area contributed by atoms with Crippen LogP contribution in [0.5, 0.6) is 0 Å². The molecule has 0 bridgehead atoms. The number of carbonyl (C=O) groups is 1. The van der Waals surface area contributed by atoms with E-state index in [1.54, 1.807) is 0 Å². The molecule has 2 rings (SSSR count). The van der Waals surface area contributed by atoms with Crippen molar-refractivity contribution in [2.75, 3.05) is 18.5 Å². The molecule has 0 aliphatic heterocycles. The fourth-order valence-corrected chi connectivity index (χ4v) is 2.07. The van der Waals surface area contributed by atoms with Gasteiger partial charge in [0.1, 0.15) is 5.52 Å². The Hall–Kier alpha value is -2.11. The van der Waals surface area contributed by atoms with Crippen LogP contribution < -0.4 is 4.90 Å². The van der Waals surface area contributed by atoms with Crippen LogP contribution in [0.1, 0.15) is 20.3 Å². The molecule has 6 heteroatoms. The zero-order valence-electron chi connectivity index (χ0n) is 12.1. The summed E-state index contributed by atoms with van der Waals surface area (Å²) < 4.78 is 1.90. The molecule has 0 saturated heterocycles. The number of aliphatic carboxylic acids is 1. The first-order chi connectivity index (χ1) is 9.47. The Labute approximate surface area is 118 Å². The van der Waals surface area contributed by atoms with E-state index in [1.807, 2.05) is 34.8 Å². The molecule has 0 amide bonds. The van der Waals surface area contributed by atoms with Crippen molar-refractivity contribution in [1.82, 2.24) is 15.0 Å². The molecule has 0 saturated carbocycles. The van der Waals surface area contributed by atoms with Gasteiger partial charge in [0, 0.05) is 25.8 Å². The average Bonchev–Trinajstić information content (AvgIpc) is 2.77. The third-order valence-electron chi connectivity index (χ3n) is 3.14. The highest BCUT2D eigenvalue weighted by atomic mass is 16.4. The minimum atomic E-state index is -0.791. The van der Waals surface area contributed by atoms with E-state index in [9.17, 15) is 4.79 Å². The fraction of sp³-hybridized carbons (Fsp3) is 0.500. The minimum absolute atomic E-state index is 0.120. The molecular weight excluding hydrogens is 256 g/mol. The van der Waals surface area contributed by atoms with Gasteiger partial charge in [0.05, 0.1) is 11.9 Å². The van der Waals surface area contributed by atoms with Crippen molar-refractivity contribution in [1.29, 1.82) is 0 Å². The lowest BCUT2D eigenvalue weighted by atomic mass is 10.2. The normalized spacial score (nSPS) is 11.2. The van der Waals surface area contributed by atoms with E-state index >= 15 is 0 Å². The number of nitrogens with zero attached hydrogens (tertiary/aromatic N) is 4. The summed E-state index contributed by atoms with van der Waals surface area (Å²) in [7, 11) is 1.88. The number of aromatic nitrogens is 3. The highest BCUT2D eigenvalue weighted by Crippen LogP contribution is 2.20. The third kappa shape index (κ3) is 3.26. The van der Waals surface area contributed by atoms with Crippen LogP contribution in [-0.4, -0.2) is 39.7 Å². The lowest BCUT2D eigenvalue weighted by molar-refractivity contribution is -0.136. The van der Waals surface area contributed by atoms with E-state index in [4.69, 9.17) is 5.11 Å². The maximum absolute atomic E-state index is 10.6. The maximum Gasteiger partial charge on any atom is 0.305 e. The Balaban J connectivity index is 2.19. The summed E-state index contributed by atoms with van der Waals surface area (Å²) in [6.45, 7) is 5.59. The summed E-state index contributed by atoms with van der Waals surface area (Å²) >= 11 is 0. The summed E-state index contributed by atoms with van der Waals surface area (Å²) in [5, 5.41) is 17.1. The Morgan fingerprint density at radius 3 is 2.85 bits per heavy atom. The number of hydrogen-bond acceptors (Lipinski definition) is 4. The smallest absolute Gasteiger partial charge is 0.305 e. The SMILES string of the molecule is CC(C)Cn1nnc2cc(N(C)CCC(=O)O)ccc21. The zero-order chi connectivity index (χ0) is 14.7.